The predicted molar refractivity (Wildman–Crippen MR) is 216 cm³/mol. The standard InChI is InChI=1S/C43H50F2N6O7S/c1-5-27-24-43(27,40(56)49-59(57,58)29-15-16-29)48-38(54)35-21-28(25-51(35)39(55)32(41(2,3)4)23-36(52)50-19-17-42(44,45)18-20-50)46-37(53)31-22-34(26-11-7-6-8-12-26)47-33-14-10-9-13-30(31)33/h5-14,22,27-29,32,35H,1,15-21,23-25H2,2-4H3,(H,46,53)(H,48,54)(H,49,56)/t27?,28-,32-,35+,43?/m1/s1. The summed E-state index contributed by atoms with van der Waals surface area (Å²) in [5, 5.41) is 5.69. The number of hydrogen-bond acceptors (Lipinski definition) is 8. The summed E-state index contributed by atoms with van der Waals surface area (Å²) >= 11 is 0. The Morgan fingerprint density at radius 1 is 1.00 bits per heavy atom. The summed E-state index contributed by atoms with van der Waals surface area (Å²) in [6, 6.07) is 16.2. The Bertz CT molecular complexity index is 2290. The summed E-state index contributed by atoms with van der Waals surface area (Å²) < 4.78 is 55.6. The highest BCUT2D eigenvalue weighted by Crippen LogP contribution is 2.46. The zero-order valence-electron chi connectivity index (χ0n) is 33.4. The largest absolute Gasteiger partial charge is 0.347 e. The normalized spacial score (nSPS) is 24.5. The number of piperidine rings is 1. The highest BCUT2D eigenvalue weighted by Gasteiger charge is 2.62. The van der Waals surface area contributed by atoms with Crippen LogP contribution in [0.3, 0.4) is 0 Å². The zero-order valence-corrected chi connectivity index (χ0v) is 34.2. The van der Waals surface area contributed by atoms with Gasteiger partial charge in [0, 0.05) is 61.8 Å². The van der Waals surface area contributed by atoms with Crippen molar-refractivity contribution in [3.63, 3.8) is 0 Å². The fourth-order valence-corrected chi connectivity index (χ4v) is 9.55. The number of alkyl halides is 2. The number of amides is 5. The summed E-state index contributed by atoms with van der Waals surface area (Å²) in [4.78, 5) is 78.0. The molecule has 1 aromatic heterocycles. The summed E-state index contributed by atoms with van der Waals surface area (Å²) in [7, 11) is -3.96. The van der Waals surface area contributed by atoms with E-state index in [0.717, 1.165) is 5.56 Å². The van der Waals surface area contributed by atoms with Crippen LogP contribution in [0.2, 0.25) is 0 Å². The molecule has 314 valence electrons. The molecule has 13 nitrogen and oxygen atoms in total. The second-order valence-electron chi connectivity index (χ2n) is 17.4. The molecule has 5 amide bonds. The molecule has 2 aliphatic carbocycles. The number of rotatable bonds is 12. The number of likely N-dealkylation sites (tertiary alicyclic amines) is 2. The van der Waals surface area contributed by atoms with E-state index < -0.39 is 98.4 Å². The van der Waals surface area contributed by atoms with Crippen molar-refractivity contribution in [2.45, 2.75) is 94.5 Å². The summed E-state index contributed by atoms with van der Waals surface area (Å²) in [5.74, 6) is -7.59. The van der Waals surface area contributed by atoms with Gasteiger partial charge in [-0.2, -0.15) is 0 Å². The summed E-state index contributed by atoms with van der Waals surface area (Å²) in [6.45, 7) is 8.65. The van der Waals surface area contributed by atoms with E-state index in [0.29, 0.717) is 35.0 Å². The van der Waals surface area contributed by atoms with Gasteiger partial charge >= 0.3 is 0 Å². The molecule has 0 spiro atoms. The topological polar surface area (TPSA) is 175 Å². The first-order valence-corrected chi connectivity index (χ1v) is 21.6. The van der Waals surface area contributed by atoms with E-state index in [4.69, 9.17) is 4.98 Å². The minimum atomic E-state index is -3.96. The molecule has 59 heavy (non-hydrogen) atoms. The maximum absolute atomic E-state index is 14.8. The van der Waals surface area contributed by atoms with Crippen LogP contribution in [0, 0.1) is 17.3 Å². The lowest BCUT2D eigenvalue weighted by Gasteiger charge is -2.37. The molecule has 2 aliphatic heterocycles. The molecule has 2 saturated heterocycles. The van der Waals surface area contributed by atoms with Crippen LogP contribution in [0.25, 0.3) is 22.2 Å². The van der Waals surface area contributed by atoms with Crippen LogP contribution in [0.1, 0.15) is 76.1 Å². The highest BCUT2D eigenvalue weighted by atomic mass is 32.2. The number of carbonyl (C=O) groups is 5. The van der Waals surface area contributed by atoms with E-state index in [1.165, 1.54) is 15.9 Å². The van der Waals surface area contributed by atoms with Crippen molar-refractivity contribution < 1.29 is 41.2 Å². The van der Waals surface area contributed by atoms with Crippen LogP contribution in [0.5, 0.6) is 0 Å². The van der Waals surface area contributed by atoms with Crippen LogP contribution in [-0.2, 0) is 29.2 Å². The number of aromatic nitrogens is 1. The number of hydrogen-bond donors (Lipinski definition) is 3. The number of para-hydroxylation sites is 1. The van der Waals surface area contributed by atoms with E-state index in [-0.39, 0.29) is 38.9 Å². The van der Waals surface area contributed by atoms with E-state index in [1.54, 1.807) is 45.0 Å². The molecular formula is C43H50F2N6O7S. The number of nitrogens with zero attached hydrogens (tertiary/aromatic N) is 3. The first-order chi connectivity index (χ1) is 27.8. The van der Waals surface area contributed by atoms with Crippen molar-refractivity contribution in [1.29, 1.82) is 0 Å². The van der Waals surface area contributed by atoms with Crippen molar-refractivity contribution in [2.24, 2.45) is 17.3 Å². The molecule has 2 saturated carbocycles. The molecule has 16 heteroatoms. The average molecular weight is 833 g/mol. The minimum absolute atomic E-state index is 0.0687. The Hall–Kier alpha value is -5.25. The van der Waals surface area contributed by atoms with Crippen molar-refractivity contribution in [3.8, 4) is 11.3 Å². The highest BCUT2D eigenvalue weighted by molar-refractivity contribution is 7.91. The molecule has 7 rings (SSSR count). The van der Waals surface area contributed by atoms with Crippen LogP contribution < -0.4 is 15.4 Å². The lowest BCUT2D eigenvalue weighted by Crippen LogP contribution is -2.57. The van der Waals surface area contributed by atoms with Gasteiger partial charge in [0.15, 0.2) is 0 Å². The third-order valence-corrected chi connectivity index (χ3v) is 13.9. The monoisotopic (exact) mass is 832 g/mol. The van der Waals surface area contributed by atoms with Gasteiger partial charge in [-0.1, -0.05) is 75.4 Å². The third kappa shape index (κ3) is 8.87. The first kappa shape index (κ1) is 41.9. The zero-order chi connectivity index (χ0) is 42.5. The minimum Gasteiger partial charge on any atom is -0.347 e. The van der Waals surface area contributed by atoms with Gasteiger partial charge in [0.25, 0.3) is 17.7 Å². The predicted octanol–water partition coefficient (Wildman–Crippen LogP) is 4.58. The molecule has 3 aromatic rings. The van der Waals surface area contributed by atoms with E-state index in [1.807, 2.05) is 36.4 Å². The Kier molecular flexibility index (Phi) is 11.2. The summed E-state index contributed by atoms with van der Waals surface area (Å²) in [6.07, 6.45) is 1.06. The van der Waals surface area contributed by atoms with Crippen LogP contribution in [0.4, 0.5) is 8.78 Å². The fourth-order valence-electron chi connectivity index (χ4n) is 8.19. The number of sulfonamides is 1. The average Bonchev–Trinajstić information content (AvgIpc) is 4.12. The fraction of sp³-hybridized carbons (Fsp3) is 0.488. The molecule has 2 unspecified atom stereocenters. The van der Waals surface area contributed by atoms with Crippen LogP contribution in [0.15, 0.2) is 73.3 Å². The van der Waals surface area contributed by atoms with E-state index in [9.17, 15) is 41.2 Å². The number of nitrogens with one attached hydrogen (secondary N) is 3. The molecule has 0 radical (unpaired) electrons. The van der Waals surface area contributed by atoms with Gasteiger partial charge in [-0.15, -0.1) is 6.58 Å². The Balaban J connectivity index is 1.17. The lowest BCUT2D eigenvalue weighted by atomic mass is 9.77. The lowest BCUT2D eigenvalue weighted by molar-refractivity contribution is -0.150. The Morgan fingerprint density at radius 3 is 2.29 bits per heavy atom. The van der Waals surface area contributed by atoms with Crippen molar-refractivity contribution >= 4 is 50.5 Å². The summed E-state index contributed by atoms with van der Waals surface area (Å²) in [5.41, 5.74) is -0.188. The molecule has 4 aliphatic rings. The van der Waals surface area contributed by atoms with Crippen LogP contribution in [-0.4, -0.2) is 101 Å². The molecule has 3 heterocycles. The number of carbonyl (C=O) groups excluding carboxylic acids is 5. The molecule has 0 bridgehead atoms. The quantitative estimate of drug-likeness (QED) is 0.223. The SMILES string of the molecule is C=CC1CC1(NC(=O)[C@@H]1C[C@@H](NC(=O)c2cc(-c3ccccc3)nc3ccccc23)CN1C(=O)[C@@H](CC(=O)N1CCC(F)(F)CC1)C(C)(C)C)C(=O)NS(=O)(=O)C1CC1. The van der Waals surface area contributed by atoms with Gasteiger partial charge in [-0.25, -0.2) is 22.2 Å². The molecule has 5 atom stereocenters. The molecule has 3 N–H and O–H groups in total. The van der Waals surface area contributed by atoms with Crippen molar-refractivity contribution in [3.05, 3.63) is 78.9 Å². The first-order valence-electron chi connectivity index (χ1n) is 20.0. The maximum Gasteiger partial charge on any atom is 0.259 e. The van der Waals surface area contributed by atoms with Gasteiger partial charge in [-0.3, -0.25) is 28.7 Å². The van der Waals surface area contributed by atoms with Gasteiger partial charge < -0.3 is 20.4 Å². The second-order valence-corrected chi connectivity index (χ2v) is 19.4. The number of fused-ring (bicyclic) bond motifs is 1. The number of pyridine rings is 1. The van der Waals surface area contributed by atoms with Crippen molar-refractivity contribution in [2.75, 3.05) is 19.6 Å². The Morgan fingerprint density at radius 2 is 1.66 bits per heavy atom. The molecule has 2 aromatic carbocycles. The molecule has 4 fully saturated rings. The van der Waals surface area contributed by atoms with Gasteiger partial charge in [0.2, 0.25) is 27.7 Å². The van der Waals surface area contributed by atoms with E-state index >= 15 is 0 Å². The number of halogens is 2. The number of benzene rings is 2. The van der Waals surface area contributed by atoms with E-state index in [2.05, 4.69) is 21.9 Å². The van der Waals surface area contributed by atoms with Crippen molar-refractivity contribution in [1.82, 2.24) is 30.1 Å². The molecular weight excluding hydrogens is 783 g/mol. The maximum atomic E-state index is 14.8. The second kappa shape index (κ2) is 15.7. The van der Waals surface area contributed by atoms with Gasteiger partial charge in [0.05, 0.1) is 27.9 Å². The Labute approximate surface area is 342 Å². The van der Waals surface area contributed by atoms with Crippen LogP contribution >= 0.6 is 0 Å². The van der Waals surface area contributed by atoms with Gasteiger partial charge in [0.1, 0.15) is 11.6 Å². The smallest absolute Gasteiger partial charge is 0.259 e. The third-order valence-electron chi connectivity index (χ3n) is 12.1. The van der Waals surface area contributed by atoms with Gasteiger partial charge in [-0.05, 0) is 43.2 Å².